The molecule has 0 unspecified atom stereocenters. The van der Waals surface area contributed by atoms with Crippen molar-refractivity contribution in [3.63, 3.8) is 0 Å². The summed E-state index contributed by atoms with van der Waals surface area (Å²) in [5, 5.41) is 3.08. The van der Waals surface area contributed by atoms with Crippen molar-refractivity contribution in [1.29, 1.82) is 0 Å². The van der Waals surface area contributed by atoms with Gasteiger partial charge in [-0.3, -0.25) is 0 Å². The molecule has 1 heterocycles. The van der Waals surface area contributed by atoms with Crippen molar-refractivity contribution in [1.82, 2.24) is 9.19 Å². The Morgan fingerprint density at radius 2 is 1.88 bits per heavy atom. The zero-order chi connectivity index (χ0) is 12.7. The van der Waals surface area contributed by atoms with Crippen molar-refractivity contribution in [2.45, 2.75) is 25.9 Å². The van der Waals surface area contributed by atoms with Crippen molar-refractivity contribution in [3.05, 3.63) is 17.5 Å². The van der Waals surface area contributed by atoms with Gasteiger partial charge in [-0.25, -0.2) is 8.42 Å². The molecule has 0 bridgehead atoms. The second kappa shape index (κ2) is 3.76. The summed E-state index contributed by atoms with van der Waals surface area (Å²) < 4.78 is 60.0. The predicted molar refractivity (Wildman–Crippen MR) is 51.6 cm³/mol. The van der Waals surface area contributed by atoms with E-state index in [0.717, 1.165) is 12.3 Å². The van der Waals surface area contributed by atoms with E-state index in [1.165, 1.54) is 0 Å². The van der Waals surface area contributed by atoms with Gasteiger partial charge >= 0.3 is 6.18 Å². The molecule has 0 spiro atoms. The molecular weight excluding hydrogens is 245 g/mol. The van der Waals surface area contributed by atoms with E-state index in [9.17, 15) is 21.6 Å². The van der Waals surface area contributed by atoms with E-state index >= 15 is 0 Å². The van der Waals surface area contributed by atoms with E-state index in [-0.39, 0.29) is 11.6 Å². The second-order valence-corrected chi connectivity index (χ2v) is 5.52. The van der Waals surface area contributed by atoms with Gasteiger partial charge in [0, 0.05) is 0 Å². The first-order valence-electron chi connectivity index (χ1n) is 4.41. The van der Waals surface area contributed by atoms with Crippen LogP contribution >= 0.6 is 0 Å². The molecule has 92 valence electrons. The van der Waals surface area contributed by atoms with Crippen LogP contribution in [0.25, 0.3) is 0 Å². The number of halogens is 3. The van der Waals surface area contributed by atoms with Crippen molar-refractivity contribution in [3.8, 4) is 0 Å². The fourth-order valence-corrected chi connectivity index (χ4v) is 2.05. The van der Waals surface area contributed by atoms with Crippen LogP contribution in [0.2, 0.25) is 0 Å². The third-order valence-electron chi connectivity index (χ3n) is 1.90. The molecule has 0 atom stereocenters. The quantitative estimate of drug-likeness (QED) is 0.811. The van der Waals surface area contributed by atoms with E-state index in [0.29, 0.717) is 4.09 Å². The maximum absolute atomic E-state index is 12.4. The molecule has 1 rings (SSSR count). The fourth-order valence-electron chi connectivity index (χ4n) is 1.17. The number of hydrogen-bond acceptors (Lipinski definition) is 3. The fraction of sp³-hybridized carbons (Fsp3) is 0.625. The Balaban J connectivity index is 3.44. The van der Waals surface area contributed by atoms with Crippen molar-refractivity contribution < 1.29 is 21.6 Å². The van der Waals surface area contributed by atoms with Gasteiger partial charge < -0.3 is 0 Å². The summed E-state index contributed by atoms with van der Waals surface area (Å²) in [6, 6.07) is 0.756. The summed E-state index contributed by atoms with van der Waals surface area (Å²) in [4.78, 5) is 0. The van der Waals surface area contributed by atoms with E-state index in [1.54, 1.807) is 13.8 Å². The summed E-state index contributed by atoms with van der Waals surface area (Å²) in [5.74, 6) is -0.363. The van der Waals surface area contributed by atoms with Crippen LogP contribution in [-0.2, 0) is 16.2 Å². The molecule has 0 saturated heterocycles. The van der Waals surface area contributed by atoms with Crippen LogP contribution in [0.5, 0.6) is 0 Å². The van der Waals surface area contributed by atoms with E-state index in [4.69, 9.17) is 0 Å². The average molecular weight is 256 g/mol. The topological polar surface area (TPSA) is 52.0 Å². The lowest BCUT2D eigenvalue weighted by Crippen LogP contribution is -2.16. The minimum absolute atomic E-state index is 0.0230. The van der Waals surface area contributed by atoms with Crippen LogP contribution in [0, 0.1) is 0 Å². The lowest BCUT2D eigenvalue weighted by Gasteiger charge is -2.06. The Labute approximate surface area is 91.1 Å². The van der Waals surface area contributed by atoms with Crippen LogP contribution in [0.4, 0.5) is 13.2 Å². The third kappa shape index (κ3) is 2.55. The Morgan fingerprint density at radius 3 is 2.12 bits per heavy atom. The van der Waals surface area contributed by atoms with Gasteiger partial charge in [0.05, 0.1) is 11.9 Å². The molecule has 16 heavy (non-hydrogen) atoms. The molecule has 0 aliphatic heterocycles. The molecule has 0 fully saturated rings. The summed E-state index contributed by atoms with van der Waals surface area (Å²) in [6.07, 6.45) is -3.83. The Kier molecular flexibility index (Phi) is 3.06. The number of nitrogens with zero attached hydrogens (tertiary/aromatic N) is 2. The normalized spacial score (nSPS) is 13.4. The zero-order valence-corrected chi connectivity index (χ0v) is 9.72. The molecule has 0 N–H and O–H groups in total. The predicted octanol–water partition coefficient (Wildman–Crippen LogP) is 1.83. The third-order valence-corrected chi connectivity index (χ3v) is 2.82. The number of rotatable bonds is 2. The molecule has 0 aromatic carbocycles. The Hall–Kier alpha value is -1.05. The summed E-state index contributed by atoms with van der Waals surface area (Å²) >= 11 is 0. The molecule has 0 radical (unpaired) electrons. The first-order valence-corrected chi connectivity index (χ1v) is 6.26. The van der Waals surface area contributed by atoms with Gasteiger partial charge in [0.2, 0.25) is 0 Å². The van der Waals surface area contributed by atoms with E-state index in [2.05, 4.69) is 5.10 Å². The molecule has 0 aliphatic carbocycles. The minimum Gasteiger partial charge on any atom is -0.205 e. The highest BCUT2D eigenvalue weighted by atomic mass is 32.2. The van der Waals surface area contributed by atoms with Gasteiger partial charge in [-0.05, 0) is 12.0 Å². The largest absolute Gasteiger partial charge is 0.435 e. The van der Waals surface area contributed by atoms with Crippen LogP contribution < -0.4 is 0 Å². The molecule has 0 saturated carbocycles. The molecule has 8 heteroatoms. The highest BCUT2D eigenvalue weighted by molar-refractivity contribution is 7.89. The monoisotopic (exact) mass is 256 g/mol. The lowest BCUT2D eigenvalue weighted by molar-refractivity contribution is -0.141. The van der Waals surface area contributed by atoms with Crippen LogP contribution in [0.3, 0.4) is 0 Å². The highest BCUT2D eigenvalue weighted by Crippen LogP contribution is 2.30. The van der Waals surface area contributed by atoms with E-state index in [1.807, 2.05) is 0 Å². The molecule has 0 aliphatic rings. The molecule has 0 amide bonds. The first-order chi connectivity index (χ1) is 7.03. The Bertz CT molecular complexity index is 488. The standard InChI is InChI=1S/C8H11F3N2O2S/c1-5(2)6-4-7(8(9,10)11)12-13(6)16(3,14)15/h4-5H,1-3H3. The second-order valence-electron chi connectivity index (χ2n) is 3.71. The maximum Gasteiger partial charge on any atom is 0.435 e. The maximum atomic E-state index is 12.4. The number of aromatic nitrogens is 2. The average Bonchev–Trinajstić information content (AvgIpc) is 2.44. The van der Waals surface area contributed by atoms with Crippen LogP contribution in [-0.4, -0.2) is 23.9 Å². The van der Waals surface area contributed by atoms with Crippen molar-refractivity contribution in [2.75, 3.05) is 6.26 Å². The van der Waals surface area contributed by atoms with E-state index < -0.39 is 21.9 Å². The van der Waals surface area contributed by atoms with Crippen molar-refractivity contribution in [2.24, 2.45) is 0 Å². The van der Waals surface area contributed by atoms with Gasteiger partial charge in [-0.2, -0.15) is 22.4 Å². The van der Waals surface area contributed by atoms with Gasteiger partial charge in [0.25, 0.3) is 10.0 Å². The summed E-state index contributed by atoms with van der Waals surface area (Å²) in [6.45, 7) is 3.19. The van der Waals surface area contributed by atoms with Gasteiger partial charge in [0.15, 0.2) is 5.69 Å². The Morgan fingerprint density at radius 1 is 1.38 bits per heavy atom. The van der Waals surface area contributed by atoms with Crippen LogP contribution in [0.15, 0.2) is 6.07 Å². The van der Waals surface area contributed by atoms with Gasteiger partial charge in [0.1, 0.15) is 0 Å². The lowest BCUT2D eigenvalue weighted by atomic mass is 10.1. The first kappa shape index (κ1) is 13.0. The molecular formula is C8H11F3N2O2S. The summed E-state index contributed by atoms with van der Waals surface area (Å²) in [5.41, 5.74) is -1.17. The smallest absolute Gasteiger partial charge is 0.205 e. The summed E-state index contributed by atoms with van der Waals surface area (Å²) in [7, 11) is -3.81. The molecule has 1 aromatic heterocycles. The molecule has 1 aromatic rings. The SMILES string of the molecule is CC(C)c1cc(C(F)(F)F)nn1S(C)(=O)=O. The van der Waals surface area contributed by atoms with Crippen LogP contribution in [0.1, 0.15) is 31.2 Å². The number of alkyl halides is 3. The van der Waals surface area contributed by atoms with Gasteiger partial charge in [-0.1, -0.05) is 13.8 Å². The van der Waals surface area contributed by atoms with Crippen molar-refractivity contribution >= 4 is 10.0 Å². The number of hydrogen-bond donors (Lipinski definition) is 0. The zero-order valence-electron chi connectivity index (χ0n) is 8.91. The molecule has 4 nitrogen and oxygen atoms in total. The van der Waals surface area contributed by atoms with Gasteiger partial charge in [-0.15, -0.1) is 0 Å². The highest BCUT2D eigenvalue weighted by Gasteiger charge is 2.36. The minimum atomic E-state index is -4.64.